The highest BCUT2D eigenvalue weighted by Gasteiger charge is 2.37. The Morgan fingerprint density at radius 3 is 0.627 bits per heavy atom. The molecule has 4 atom stereocenters. The van der Waals surface area contributed by atoms with Gasteiger partial charge in [-0.15, -0.1) is 0 Å². The smallest absolute Gasteiger partial charge is 0.326 e. The Balaban J connectivity index is 0. The van der Waals surface area contributed by atoms with Crippen molar-refractivity contribution >= 4 is 95.4 Å². The van der Waals surface area contributed by atoms with E-state index in [1.54, 1.807) is 134 Å². The molecule has 0 aromatic heterocycles. The van der Waals surface area contributed by atoms with Gasteiger partial charge in [-0.2, -0.15) is 0 Å². The Morgan fingerprint density at radius 2 is 0.436 bits per heavy atom. The van der Waals surface area contributed by atoms with Gasteiger partial charge in [0.05, 0.1) is 90.6 Å². The molecule has 632 valence electrons. The number of ether oxygens (including phenoxy) is 6. The van der Waals surface area contributed by atoms with E-state index < -0.39 is 206 Å². The highest BCUT2D eigenvalue weighted by molar-refractivity contribution is 5.89. The maximum atomic E-state index is 14.4. The third kappa shape index (κ3) is 57.4. The number of hydrogen-bond acceptors (Lipinski definition) is 28. The molecular formula is C72H124N8O30. The summed E-state index contributed by atoms with van der Waals surface area (Å²) in [4.78, 5) is 204. The Labute approximate surface area is 643 Å². The summed E-state index contributed by atoms with van der Waals surface area (Å²) in [5, 5.41) is 79.0. The van der Waals surface area contributed by atoms with Gasteiger partial charge in [-0.25, -0.2) is 9.59 Å². The number of esters is 6. The van der Waals surface area contributed by atoms with Gasteiger partial charge in [0.15, 0.2) is 0 Å². The van der Waals surface area contributed by atoms with Crippen LogP contribution in [0.5, 0.6) is 0 Å². The fourth-order valence-corrected chi connectivity index (χ4v) is 10.5. The fourth-order valence-electron chi connectivity index (χ4n) is 10.5. The molecule has 0 fully saturated rings. The third-order valence-electron chi connectivity index (χ3n) is 14.3. The summed E-state index contributed by atoms with van der Waals surface area (Å²) >= 11 is 0. The topological polar surface area (TPSA) is 534 Å². The molecule has 38 nitrogen and oxygen atoms in total. The second-order valence-corrected chi connectivity index (χ2v) is 32.3. The maximum absolute atomic E-state index is 14.4. The first-order valence-corrected chi connectivity index (χ1v) is 36.2. The van der Waals surface area contributed by atoms with Gasteiger partial charge >= 0.3 is 83.6 Å². The number of rotatable bonds is 52. The number of unbranched alkanes of at least 4 members (excludes halogenated alkanes) is 4. The zero-order valence-corrected chi connectivity index (χ0v) is 67.4. The molecule has 0 aliphatic rings. The molecule has 110 heavy (non-hydrogen) atoms. The lowest BCUT2D eigenvalue weighted by Crippen LogP contribution is -2.54. The number of carbonyl (C=O) groups is 16. The number of aliphatic carboxylic acids is 8. The van der Waals surface area contributed by atoms with E-state index in [2.05, 4.69) is 10.6 Å². The van der Waals surface area contributed by atoms with Crippen LogP contribution in [0.2, 0.25) is 0 Å². The lowest BCUT2D eigenvalue weighted by molar-refractivity contribution is -0.163. The van der Waals surface area contributed by atoms with Crippen molar-refractivity contribution in [2.45, 2.75) is 259 Å². The Bertz CT molecular complexity index is 2890. The van der Waals surface area contributed by atoms with Gasteiger partial charge in [-0.3, -0.25) is 96.5 Å². The summed E-state index contributed by atoms with van der Waals surface area (Å²) in [6, 6.07) is -5.60. The van der Waals surface area contributed by atoms with Crippen molar-refractivity contribution in [3.05, 3.63) is 0 Å². The summed E-state index contributed by atoms with van der Waals surface area (Å²) < 4.78 is 33.0. The van der Waals surface area contributed by atoms with Crippen LogP contribution in [-0.2, 0) is 105 Å². The minimum atomic E-state index is -1.50. The molecule has 0 saturated heterocycles. The average molecular weight is 1580 g/mol. The second kappa shape index (κ2) is 49.5. The number of amides is 2. The van der Waals surface area contributed by atoms with Crippen molar-refractivity contribution in [1.29, 1.82) is 0 Å². The molecule has 0 heterocycles. The van der Waals surface area contributed by atoms with E-state index in [1.807, 2.05) is 0 Å². The Morgan fingerprint density at radius 1 is 0.255 bits per heavy atom. The largest absolute Gasteiger partial charge is 0.480 e. The number of hydrogen-bond donors (Lipinski definition) is 10. The molecule has 0 radical (unpaired) electrons. The lowest BCUT2D eigenvalue weighted by atomic mass is 10.0. The van der Waals surface area contributed by atoms with Gasteiger partial charge in [0.25, 0.3) is 0 Å². The van der Waals surface area contributed by atoms with E-state index in [9.17, 15) is 97.1 Å². The van der Waals surface area contributed by atoms with Crippen LogP contribution in [0.15, 0.2) is 0 Å². The van der Waals surface area contributed by atoms with E-state index in [0.29, 0.717) is 12.8 Å². The fraction of sp³-hybridized carbons (Fsp3) is 0.778. The minimum Gasteiger partial charge on any atom is -0.480 e. The van der Waals surface area contributed by atoms with Crippen molar-refractivity contribution in [2.24, 2.45) is 0 Å². The predicted molar refractivity (Wildman–Crippen MR) is 392 cm³/mol. The van der Waals surface area contributed by atoms with Crippen LogP contribution in [0.1, 0.15) is 202 Å². The summed E-state index contributed by atoms with van der Waals surface area (Å²) in [5.41, 5.74) is -4.92. The Hall–Kier alpha value is -8.72. The van der Waals surface area contributed by atoms with Crippen molar-refractivity contribution < 1.29 is 146 Å². The van der Waals surface area contributed by atoms with Crippen LogP contribution in [0.25, 0.3) is 0 Å². The molecule has 0 saturated carbocycles. The molecule has 38 heteroatoms. The van der Waals surface area contributed by atoms with Gasteiger partial charge in [-0.05, 0) is 215 Å². The van der Waals surface area contributed by atoms with E-state index in [4.69, 9.17) is 48.8 Å². The first kappa shape index (κ1) is 103. The van der Waals surface area contributed by atoms with Crippen molar-refractivity contribution in [2.75, 3.05) is 105 Å². The first-order valence-electron chi connectivity index (χ1n) is 36.2. The highest BCUT2D eigenvalue weighted by Crippen LogP contribution is 2.20. The quantitative estimate of drug-likeness (QED) is 0.0238. The Kier molecular flexibility index (Phi) is 46.5. The predicted octanol–water partition coefficient (Wildman–Crippen LogP) is 2.90. The summed E-state index contributed by atoms with van der Waals surface area (Å²) in [6.07, 6.45) is 1.26. The lowest BCUT2D eigenvalue weighted by Gasteiger charge is -2.32. The third-order valence-corrected chi connectivity index (χ3v) is 14.3. The van der Waals surface area contributed by atoms with Crippen LogP contribution in [-0.4, -0.2) is 328 Å². The molecule has 10 N–H and O–H groups in total. The molecule has 0 aliphatic carbocycles. The molecule has 0 rings (SSSR count). The summed E-state index contributed by atoms with van der Waals surface area (Å²) in [7, 11) is 0. The summed E-state index contributed by atoms with van der Waals surface area (Å²) in [6.45, 7) is 25.0. The van der Waals surface area contributed by atoms with Crippen LogP contribution in [0, 0.1) is 0 Å². The van der Waals surface area contributed by atoms with E-state index in [0.717, 1.165) is 14.7 Å². The normalized spacial score (nSPS) is 13.2. The average Bonchev–Trinajstić information content (AvgIpc) is 0.855. The molecular weight excluding hydrogens is 1460 g/mol. The minimum absolute atomic E-state index is 0.000768. The van der Waals surface area contributed by atoms with Crippen molar-refractivity contribution in [3.63, 3.8) is 0 Å². The molecule has 2 amide bonds. The molecule has 0 aromatic carbocycles. The highest BCUT2D eigenvalue weighted by atomic mass is 16.6. The van der Waals surface area contributed by atoms with Gasteiger partial charge in [-0.1, -0.05) is 12.8 Å². The van der Waals surface area contributed by atoms with Crippen molar-refractivity contribution in [3.8, 4) is 0 Å². The maximum Gasteiger partial charge on any atom is 0.326 e. The van der Waals surface area contributed by atoms with Gasteiger partial charge in [0.2, 0.25) is 11.8 Å². The SMILES string of the molecule is CC(C)(C)OC(=O)CN(CCCC[C@H](NC(=O)[C@H](CCCCN(CC(=O)OC(C)(C)C)CC(=O)OC(C)(C)C)N(CC(=O)OC(C)(C)C)CC(=O)OC(C)(C)C)C(=O)O)CC(=O)OC(C)(C)C.O=C(O)CN(CCCC[C@H](NC(=O)[C@H](CCCCN(CC(=O)O)CC(=O)O)N(CC(=O)O)CC(=O)O)C(=O)O)CC(=O)O. The number of nitrogens with one attached hydrogen (secondary N) is 2. The number of carboxylic acid groups (broad SMARTS) is 8. The van der Waals surface area contributed by atoms with Gasteiger partial charge < -0.3 is 79.9 Å². The van der Waals surface area contributed by atoms with Crippen LogP contribution in [0.3, 0.4) is 0 Å². The number of nitrogens with zero attached hydrogens (tertiary/aromatic N) is 6. The van der Waals surface area contributed by atoms with E-state index in [1.165, 1.54) is 4.90 Å². The van der Waals surface area contributed by atoms with Crippen LogP contribution >= 0.6 is 0 Å². The van der Waals surface area contributed by atoms with Gasteiger partial charge in [0.1, 0.15) is 45.7 Å². The molecule has 0 spiro atoms. The standard InChI is InChI=1S/C48H86N4O15.C24H38N4O15/c1-43(2,3)62-35(53)27-50(28-36(54)63-44(4,5)6)25-21-19-23-33(42(60)61)49-41(59)34(52(31-39(57)66-47(13,14)15)32-40(58)67-48(16,17)18)24-20-22-26-51(29-37(55)64-45(7,8)9)30-38(56)65-46(10,11)12;29-17(30)9-26(10-18(31)32)7-3-1-5-15(24(42)43)25-23(41)16(28(13-21(37)38)14-22(39)40)6-2-4-8-27(11-19(33)34)12-20(35)36/h33-34H,19-32H2,1-18H3,(H,49,59)(H,60,61);15-16H,1-14H2,(H,25,41)(H,29,30)(H,31,32)(H,33,34)(H,35,36)(H,37,38)(H,39,40)(H,42,43)/t33-,34-;15-,16-/m00/s1. The molecule has 0 unspecified atom stereocenters. The molecule has 0 aliphatic heterocycles. The second-order valence-electron chi connectivity index (χ2n) is 32.3. The monoisotopic (exact) mass is 1580 g/mol. The zero-order chi connectivity index (χ0) is 85.5. The van der Waals surface area contributed by atoms with Crippen molar-refractivity contribution in [1.82, 2.24) is 40.0 Å². The van der Waals surface area contributed by atoms with Crippen LogP contribution < -0.4 is 10.6 Å². The zero-order valence-electron chi connectivity index (χ0n) is 67.4. The van der Waals surface area contributed by atoms with Gasteiger partial charge in [0, 0.05) is 0 Å². The van der Waals surface area contributed by atoms with E-state index >= 15 is 0 Å². The molecule has 0 aromatic rings. The first-order chi connectivity index (χ1) is 50.1. The summed E-state index contributed by atoms with van der Waals surface area (Å²) in [5.74, 6) is -16.3. The number of carbonyl (C=O) groups excluding carboxylic acids is 8. The molecule has 0 bridgehead atoms. The van der Waals surface area contributed by atoms with Crippen LogP contribution in [0.4, 0.5) is 0 Å². The number of carboxylic acids is 8. The van der Waals surface area contributed by atoms with E-state index in [-0.39, 0.29) is 117 Å².